The molecule has 1 aromatic rings. The van der Waals surface area contributed by atoms with E-state index in [0.717, 1.165) is 32.4 Å². The smallest absolute Gasteiger partial charge is 0.337 e. The first-order valence-corrected chi connectivity index (χ1v) is 9.02. The lowest BCUT2D eigenvalue weighted by molar-refractivity contribution is -0.140. The standard InChI is InChI=1S/C19H24N2O5/c1-25-17(22)14-6-8-16(9-7-14)26-18(23)15-5-4-12-21(13-15)19(24)20-10-2-3-11-20/h6-9,15H,2-5,10-13H2,1H3/t15-/m1/s1. The number of ether oxygens (including phenoxy) is 2. The molecule has 2 amide bonds. The molecule has 1 aromatic carbocycles. The van der Waals surface area contributed by atoms with E-state index in [1.165, 1.54) is 7.11 Å². The molecule has 0 N–H and O–H groups in total. The predicted octanol–water partition coefficient (Wildman–Crippen LogP) is 2.31. The topological polar surface area (TPSA) is 76.1 Å². The molecule has 7 nitrogen and oxygen atoms in total. The number of piperidine rings is 1. The van der Waals surface area contributed by atoms with Crippen LogP contribution in [0.5, 0.6) is 5.75 Å². The summed E-state index contributed by atoms with van der Waals surface area (Å²) in [4.78, 5) is 40.0. The second kappa shape index (κ2) is 8.21. The molecule has 3 rings (SSSR count). The van der Waals surface area contributed by atoms with Crippen LogP contribution in [0.4, 0.5) is 4.79 Å². The molecule has 0 aromatic heterocycles. The first-order valence-electron chi connectivity index (χ1n) is 9.02. The Morgan fingerprint density at radius 2 is 1.62 bits per heavy atom. The zero-order valence-corrected chi connectivity index (χ0v) is 15.0. The summed E-state index contributed by atoms with van der Waals surface area (Å²) >= 11 is 0. The minimum Gasteiger partial charge on any atom is -0.465 e. The number of carbonyl (C=O) groups excluding carboxylic acids is 3. The van der Waals surface area contributed by atoms with E-state index < -0.39 is 5.97 Å². The van der Waals surface area contributed by atoms with E-state index in [4.69, 9.17) is 4.74 Å². The van der Waals surface area contributed by atoms with Crippen molar-refractivity contribution < 1.29 is 23.9 Å². The second-order valence-electron chi connectivity index (χ2n) is 6.70. The molecule has 2 aliphatic rings. The maximum absolute atomic E-state index is 12.5. The fourth-order valence-corrected chi connectivity index (χ4v) is 3.43. The average molecular weight is 360 g/mol. The molecule has 2 aliphatic heterocycles. The van der Waals surface area contributed by atoms with Crippen molar-refractivity contribution in [2.24, 2.45) is 5.92 Å². The van der Waals surface area contributed by atoms with Crippen molar-refractivity contribution in [1.82, 2.24) is 9.80 Å². The zero-order chi connectivity index (χ0) is 18.5. The van der Waals surface area contributed by atoms with E-state index >= 15 is 0 Å². The van der Waals surface area contributed by atoms with E-state index in [2.05, 4.69) is 4.74 Å². The molecule has 2 heterocycles. The molecule has 2 saturated heterocycles. The number of esters is 2. The maximum Gasteiger partial charge on any atom is 0.337 e. The van der Waals surface area contributed by atoms with Gasteiger partial charge in [0.15, 0.2) is 0 Å². The number of rotatable bonds is 3. The number of hydrogen-bond donors (Lipinski definition) is 0. The molecule has 0 bridgehead atoms. The molecular weight excluding hydrogens is 336 g/mol. The lowest BCUT2D eigenvalue weighted by atomic mass is 9.98. The minimum absolute atomic E-state index is 0.0300. The Morgan fingerprint density at radius 3 is 2.27 bits per heavy atom. The van der Waals surface area contributed by atoms with E-state index in [1.807, 2.05) is 4.90 Å². The highest BCUT2D eigenvalue weighted by molar-refractivity contribution is 5.89. The first-order chi connectivity index (χ1) is 12.6. The lowest BCUT2D eigenvalue weighted by Crippen LogP contribution is -2.48. The van der Waals surface area contributed by atoms with Crippen molar-refractivity contribution in [3.05, 3.63) is 29.8 Å². The normalized spacial score (nSPS) is 20.0. The second-order valence-corrected chi connectivity index (χ2v) is 6.70. The molecule has 7 heteroatoms. The molecular formula is C19H24N2O5. The number of likely N-dealkylation sites (tertiary alicyclic amines) is 2. The van der Waals surface area contributed by atoms with Crippen molar-refractivity contribution in [2.75, 3.05) is 33.3 Å². The summed E-state index contributed by atoms with van der Waals surface area (Å²) in [5.41, 5.74) is 0.396. The SMILES string of the molecule is COC(=O)c1ccc(OC(=O)[C@@H]2CCCN(C(=O)N3CCCC3)C2)cc1. The third-order valence-electron chi connectivity index (χ3n) is 4.90. The van der Waals surface area contributed by atoms with Crippen molar-refractivity contribution >= 4 is 18.0 Å². The summed E-state index contributed by atoms with van der Waals surface area (Å²) < 4.78 is 10.1. The van der Waals surface area contributed by atoms with Gasteiger partial charge in [-0.2, -0.15) is 0 Å². The summed E-state index contributed by atoms with van der Waals surface area (Å²) in [6.07, 6.45) is 3.60. The number of hydrogen-bond acceptors (Lipinski definition) is 5. The molecule has 1 atom stereocenters. The highest BCUT2D eigenvalue weighted by atomic mass is 16.5. The number of methoxy groups -OCH3 is 1. The predicted molar refractivity (Wildman–Crippen MR) is 93.9 cm³/mol. The van der Waals surface area contributed by atoms with E-state index in [1.54, 1.807) is 29.2 Å². The summed E-state index contributed by atoms with van der Waals surface area (Å²) in [7, 11) is 1.31. The summed E-state index contributed by atoms with van der Waals surface area (Å²) in [6.45, 7) is 2.69. The third-order valence-corrected chi connectivity index (χ3v) is 4.90. The zero-order valence-electron chi connectivity index (χ0n) is 15.0. The van der Waals surface area contributed by atoms with Crippen LogP contribution in [0.15, 0.2) is 24.3 Å². The highest BCUT2D eigenvalue weighted by Crippen LogP contribution is 2.22. The van der Waals surface area contributed by atoms with Gasteiger partial charge in [0.05, 0.1) is 18.6 Å². The average Bonchev–Trinajstić information content (AvgIpc) is 3.22. The van der Waals surface area contributed by atoms with Crippen LogP contribution in [0, 0.1) is 5.92 Å². The molecule has 140 valence electrons. The van der Waals surface area contributed by atoms with E-state index in [0.29, 0.717) is 30.8 Å². The van der Waals surface area contributed by atoms with Crippen LogP contribution >= 0.6 is 0 Å². The van der Waals surface area contributed by atoms with E-state index in [9.17, 15) is 14.4 Å². The Hall–Kier alpha value is -2.57. The highest BCUT2D eigenvalue weighted by Gasteiger charge is 2.32. The number of carbonyl (C=O) groups is 3. The summed E-state index contributed by atoms with van der Waals surface area (Å²) in [5.74, 6) is -0.720. The molecule has 2 fully saturated rings. The van der Waals surface area contributed by atoms with Gasteiger partial charge in [-0.25, -0.2) is 9.59 Å². The van der Waals surface area contributed by atoms with Crippen LogP contribution in [-0.2, 0) is 9.53 Å². The Labute approximate surface area is 152 Å². The van der Waals surface area contributed by atoms with Gasteiger partial charge in [0, 0.05) is 26.2 Å². The maximum atomic E-state index is 12.5. The number of urea groups is 1. The summed E-state index contributed by atoms with van der Waals surface area (Å²) in [6, 6.07) is 6.28. The van der Waals surface area contributed by atoms with Crippen LogP contribution in [0.25, 0.3) is 0 Å². The van der Waals surface area contributed by atoms with Crippen LogP contribution < -0.4 is 4.74 Å². The van der Waals surface area contributed by atoms with Gasteiger partial charge in [-0.15, -0.1) is 0 Å². The van der Waals surface area contributed by atoms with Gasteiger partial charge in [0.1, 0.15) is 5.75 Å². The Balaban J connectivity index is 1.57. The van der Waals surface area contributed by atoms with Gasteiger partial charge < -0.3 is 19.3 Å². The van der Waals surface area contributed by atoms with Crippen LogP contribution in [0.2, 0.25) is 0 Å². The Bertz CT molecular complexity index is 667. The van der Waals surface area contributed by atoms with Crippen molar-refractivity contribution in [3.63, 3.8) is 0 Å². The van der Waals surface area contributed by atoms with Crippen molar-refractivity contribution in [3.8, 4) is 5.75 Å². The van der Waals surface area contributed by atoms with Crippen molar-refractivity contribution in [1.29, 1.82) is 0 Å². The van der Waals surface area contributed by atoms with Gasteiger partial charge in [-0.3, -0.25) is 4.79 Å². The Kier molecular flexibility index (Phi) is 5.75. The third kappa shape index (κ3) is 4.15. The number of amides is 2. The van der Waals surface area contributed by atoms with Crippen LogP contribution in [0.1, 0.15) is 36.0 Å². The molecule has 0 saturated carbocycles. The molecule has 0 spiro atoms. The molecule has 0 unspecified atom stereocenters. The van der Waals surface area contributed by atoms with Crippen LogP contribution in [0.3, 0.4) is 0 Å². The fraction of sp³-hybridized carbons (Fsp3) is 0.526. The number of benzene rings is 1. The van der Waals surface area contributed by atoms with Gasteiger partial charge in [0.25, 0.3) is 0 Å². The first kappa shape index (κ1) is 18.2. The van der Waals surface area contributed by atoms with Gasteiger partial charge in [-0.1, -0.05) is 0 Å². The monoisotopic (exact) mass is 360 g/mol. The minimum atomic E-state index is -0.439. The molecule has 26 heavy (non-hydrogen) atoms. The molecule has 0 radical (unpaired) electrons. The van der Waals surface area contributed by atoms with Gasteiger partial charge >= 0.3 is 18.0 Å². The van der Waals surface area contributed by atoms with E-state index in [-0.39, 0.29) is 17.9 Å². The Morgan fingerprint density at radius 1 is 0.962 bits per heavy atom. The quantitative estimate of drug-likeness (QED) is 0.611. The van der Waals surface area contributed by atoms with Crippen molar-refractivity contribution in [2.45, 2.75) is 25.7 Å². The lowest BCUT2D eigenvalue weighted by Gasteiger charge is -2.34. The van der Waals surface area contributed by atoms with Gasteiger partial charge in [0.2, 0.25) is 0 Å². The fourth-order valence-electron chi connectivity index (χ4n) is 3.43. The largest absolute Gasteiger partial charge is 0.465 e. The molecule has 0 aliphatic carbocycles. The van der Waals surface area contributed by atoms with Gasteiger partial charge in [-0.05, 0) is 49.9 Å². The van der Waals surface area contributed by atoms with Crippen LogP contribution in [-0.4, -0.2) is 61.1 Å². The number of nitrogens with zero attached hydrogens (tertiary/aromatic N) is 2. The summed E-state index contributed by atoms with van der Waals surface area (Å²) in [5, 5.41) is 0.